The fraction of sp³-hybridized carbons (Fsp3) is 0.500. The van der Waals surface area contributed by atoms with Crippen LogP contribution >= 0.6 is 24.8 Å². The third kappa shape index (κ3) is 2.44. The lowest BCUT2D eigenvalue weighted by atomic mass is 10.0. The zero-order valence-corrected chi connectivity index (χ0v) is 10.6. The summed E-state index contributed by atoms with van der Waals surface area (Å²) in [7, 11) is 0. The van der Waals surface area contributed by atoms with E-state index in [0.717, 1.165) is 23.4 Å². The number of hydrogen-bond donors (Lipinski definition) is 1. The first-order valence-electron chi connectivity index (χ1n) is 4.59. The van der Waals surface area contributed by atoms with Gasteiger partial charge in [-0.2, -0.15) is 0 Å². The predicted molar refractivity (Wildman–Crippen MR) is 63.7 cm³/mol. The van der Waals surface area contributed by atoms with E-state index in [2.05, 4.69) is 10.3 Å². The van der Waals surface area contributed by atoms with Gasteiger partial charge < -0.3 is 5.32 Å². The van der Waals surface area contributed by atoms with E-state index < -0.39 is 6.43 Å². The molecule has 0 saturated heterocycles. The molecular formula is C10H14Cl2F2N2. The highest BCUT2D eigenvalue weighted by Crippen LogP contribution is 2.28. The third-order valence-corrected chi connectivity index (χ3v) is 2.80. The van der Waals surface area contributed by atoms with E-state index in [9.17, 15) is 8.78 Å². The van der Waals surface area contributed by atoms with E-state index in [1.807, 2.05) is 6.92 Å². The Balaban J connectivity index is 0.00000112. The summed E-state index contributed by atoms with van der Waals surface area (Å²) in [6, 6.07) is 0. The standard InChI is InChI=1S/C10H12F2N2.2ClH/c1-5-6(2)9(10(11)12)14-8-4-13-3-7(5)8;;/h10,13H,3-4H2,1-2H3;2*1H. The van der Waals surface area contributed by atoms with Crippen LogP contribution in [0.4, 0.5) is 8.78 Å². The van der Waals surface area contributed by atoms with Crippen molar-refractivity contribution in [3.8, 4) is 0 Å². The molecule has 0 saturated carbocycles. The van der Waals surface area contributed by atoms with Gasteiger partial charge in [0.2, 0.25) is 0 Å². The zero-order valence-electron chi connectivity index (χ0n) is 9.01. The number of fused-ring (bicyclic) bond motifs is 1. The van der Waals surface area contributed by atoms with Crippen LogP contribution in [0, 0.1) is 13.8 Å². The summed E-state index contributed by atoms with van der Waals surface area (Å²) in [5.41, 5.74) is 3.39. The minimum absolute atomic E-state index is 0. The van der Waals surface area contributed by atoms with Crippen molar-refractivity contribution in [2.24, 2.45) is 0 Å². The van der Waals surface area contributed by atoms with Gasteiger partial charge in [-0.25, -0.2) is 13.8 Å². The van der Waals surface area contributed by atoms with Crippen molar-refractivity contribution in [1.29, 1.82) is 0 Å². The summed E-state index contributed by atoms with van der Waals surface area (Å²) in [5.74, 6) is 0. The first-order chi connectivity index (χ1) is 6.61. The molecule has 1 aromatic rings. The second-order valence-electron chi connectivity index (χ2n) is 3.58. The van der Waals surface area contributed by atoms with E-state index in [4.69, 9.17) is 0 Å². The Morgan fingerprint density at radius 1 is 1.12 bits per heavy atom. The molecule has 0 fully saturated rings. The second-order valence-corrected chi connectivity index (χ2v) is 3.58. The number of alkyl halides is 2. The number of nitrogens with one attached hydrogen (secondary N) is 1. The molecule has 1 aliphatic rings. The van der Waals surface area contributed by atoms with Gasteiger partial charge in [0.25, 0.3) is 6.43 Å². The van der Waals surface area contributed by atoms with E-state index in [0.29, 0.717) is 12.1 Å². The van der Waals surface area contributed by atoms with Gasteiger partial charge in [0.1, 0.15) is 5.69 Å². The van der Waals surface area contributed by atoms with Crippen LogP contribution < -0.4 is 5.32 Å². The van der Waals surface area contributed by atoms with E-state index in [-0.39, 0.29) is 30.5 Å². The number of pyridine rings is 1. The topological polar surface area (TPSA) is 24.9 Å². The van der Waals surface area contributed by atoms with Gasteiger partial charge in [-0.1, -0.05) is 0 Å². The quantitative estimate of drug-likeness (QED) is 0.849. The number of hydrogen-bond acceptors (Lipinski definition) is 2. The maximum Gasteiger partial charge on any atom is 0.280 e. The minimum atomic E-state index is -2.47. The van der Waals surface area contributed by atoms with Crippen LogP contribution in [-0.2, 0) is 13.1 Å². The maximum atomic E-state index is 12.6. The molecule has 0 aliphatic carbocycles. The molecular weight excluding hydrogens is 257 g/mol. The largest absolute Gasteiger partial charge is 0.307 e. The summed E-state index contributed by atoms with van der Waals surface area (Å²) in [4.78, 5) is 4.00. The summed E-state index contributed by atoms with van der Waals surface area (Å²) < 4.78 is 25.2. The Morgan fingerprint density at radius 2 is 1.75 bits per heavy atom. The summed E-state index contributed by atoms with van der Waals surface area (Å²) in [6.07, 6.45) is -2.47. The molecule has 0 atom stereocenters. The molecule has 92 valence electrons. The SMILES string of the molecule is Cc1c(C(F)F)nc2c(c1C)CNC2.Cl.Cl. The van der Waals surface area contributed by atoms with Crippen molar-refractivity contribution in [2.45, 2.75) is 33.4 Å². The van der Waals surface area contributed by atoms with Crippen molar-refractivity contribution in [2.75, 3.05) is 0 Å². The van der Waals surface area contributed by atoms with Crippen LogP contribution in [0.1, 0.15) is 34.5 Å². The molecule has 2 heterocycles. The number of aromatic nitrogens is 1. The summed E-state index contributed by atoms with van der Waals surface area (Å²) >= 11 is 0. The van der Waals surface area contributed by atoms with Crippen molar-refractivity contribution >= 4 is 24.8 Å². The van der Waals surface area contributed by atoms with Gasteiger partial charge in [-0.05, 0) is 30.5 Å². The van der Waals surface area contributed by atoms with E-state index >= 15 is 0 Å². The zero-order chi connectivity index (χ0) is 10.3. The smallest absolute Gasteiger partial charge is 0.280 e. The van der Waals surface area contributed by atoms with Crippen LogP contribution in [0.2, 0.25) is 0 Å². The Labute approximate surface area is 106 Å². The Bertz CT molecular complexity index is 384. The Hall–Kier alpha value is -0.450. The lowest BCUT2D eigenvalue weighted by molar-refractivity contribution is 0.145. The van der Waals surface area contributed by atoms with E-state index in [1.165, 1.54) is 0 Å². The normalized spacial score (nSPS) is 13.1. The minimum Gasteiger partial charge on any atom is -0.307 e. The molecule has 0 spiro atoms. The van der Waals surface area contributed by atoms with Gasteiger partial charge in [-0.15, -0.1) is 24.8 Å². The average molecular weight is 271 g/mol. The molecule has 16 heavy (non-hydrogen) atoms. The number of rotatable bonds is 1. The number of nitrogens with zero attached hydrogens (tertiary/aromatic N) is 1. The van der Waals surface area contributed by atoms with Gasteiger partial charge in [0.15, 0.2) is 0 Å². The number of halogens is 4. The predicted octanol–water partition coefficient (Wildman–Crippen LogP) is 3.08. The van der Waals surface area contributed by atoms with Gasteiger partial charge in [0, 0.05) is 13.1 Å². The molecule has 2 nitrogen and oxygen atoms in total. The molecule has 0 unspecified atom stereocenters. The molecule has 1 aliphatic heterocycles. The highest BCUT2D eigenvalue weighted by atomic mass is 35.5. The summed E-state index contributed by atoms with van der Waals surface area (Å²) in [6.45, 7) is 4.95. The van der Waals surface area contributed by atoms with E-state index in [1.54, 1.807) is 6.92 Å². The summed E-state index contributed by atoms with van der Waals surface area (Å²) in [5, 5.41) is 3.11. The molecule has 0 aromatic carbocycles. The highest BCUT2D eigenvalue weighted by Gasteiger charge is 2.22. The first kappa shape index (κ1) is 15.6. The first-order valence-corrected chi connectivity index (χ1v) is 4.59. The van der Waals surface area contributed by atoms with Crippen LogP contribution in [0.15, 0.2) is 0 Å². The van der Waals surface area contributed by atoms with Crippen molar-refractivity contribution in [1.82, 2.24) is 10.3 Å². The van der Waals surface area contributed by atoms with Gasteiger partial charge >= 0.3 is 0 Å². The molecule has 1 N–H and O–H groups in total. The van der Waals surface area contributed by atoms with Crippen LogP contribution in [0.25, 0.3) is 0 Å². The Kier molecular flexibility index (Phi) is 5.59. The molecule has 0 amide bonds. The maximum absolute atomic E-state index is 12.6. The third-order valence-electron chi connectivity index (χ3n) is 2.80. The van der Waals surface area contributed by atoms with Gasteiger partial charge in [-0.3, -0.25) is 0 Å². The fourth-order valence-corrected chi connectivity index (χ4v) is 1.83. The fourth-order valence-electron chi connectivity index (χ4n) is 1.83. The Morgan fingerprint density at radius 3 is 2.31 bits per heavy atom. The molecule has 0 bridgehead atoms. The van der Waals surface area contributed by atoms with Crippen LogP contribution in [0.3, 0.4) is 0 Å². The highest BCUT2D eigenvalue weighted by molar-refractivity contribution is 5.85. The molecule has 2 rings (SSSR count). The molecule has 0 radical (unpaired) electrons. The second kappa shape index (κ2) is 5.75. The monoisotopic (exact) mass is 270 g/mol. The van der Waals surface area contributed by atoms with Crippen molar-refractivity contribution in [3.63, 3.8) is 0 Å². The lowest BCUT2D eigenvalue weighted by Crippen LogP contribution is -2.03. The van der Waals surface area contributed by atoms with Crippen LogP contribution in [0.5, 0.6) is 0 Å². The molecule has 6 heteroatoms. The van der Waals surface area contributed by atoms with Crippen LogP contribution in [-0.4, -0.2) is 4.98 Å². The average Bonchev–Trinajstić information content (AvgIpc) is 2.58. The van der Waals surface area contributed by atoms with Crippen molar-refractivity contribution < 1.29 is 8.78 Å². The van der Waals surface area contributed by atoms with Gasteiger partial charge in [0.05, 0.1) is 5.69 Å². The lowest BCUT2D eigenvalue weighted by Gasteiger charge is -2.11. The molecule has 1 aromatic heterocycles. The van der Waals surface area contributed by atoms with Crippen molar-refractivity contribution in [3.05, 3.63) is 28.1 Å².